The minimum atomic E-state index is -0.792. The molecule has 0 saturated heterocycles. The molecule has 0 radical (unpaired) electrons. The van der Waals surface area contributed by atoms with Crippen molar-refractivity contribution in [3.8, 4) is 5.75 Å². The third-order valence-electron chi connectivity index (χ3n) is 2.21. The number of phenolic OH excluding ortho intramolecular Hbond substituents is 1. The van der Waals surface area contributed by atoms with Crippen molar-refractivity contribution in [1.82, 2.24) is 4.98 Å². The highest BCUT2D eigenvalue weighted by Gasteiger charge is 2.17. The molecule has 0 spiro atoms. The van der Waals surface area contributed by atoms with Crippen LogP contribution >= 0.6 is 15.9 Å². The van der Waals surface area contributed by atoms with Gasteiger partial charge in [-0.3, -0.25) is 4.79 Å². The van der Waals surface area contributed by atoms with E-state index < -0.39 is 23.0 Å². The normalized spacial score (nSPS) is 10.1. The third-order valence-corrected chi connectivity index (χ3v) is 2.85. The quantitative estimate of drug-likeness (QED) is 0.896. The van der Waals surface area contributed by atoms with Crippen molar-refractivity contribution in [3.05, 3.63) is 52.4 Å². The lowest BCUT2D eigenvalue weighted by atomic mass is 10.1. The second kappa shape index (κ2) is 5.14. The number of rotatable bonds is 2. The Morgan fingerprint density at radius 1 is 1.33 bits per heavy atom. The topological polar surface area (TPSA) is 62.2 Å². The Morgan fingerprint density at radius 2 is 2.11 bits per heavy atom. The number of hydrogen-bond donors (Lipinski definition) is 2. The zero-order valence-corrected chi connectivity index (χ0v) is 10.6. The predicted molar refractivity (Wildman–Crippen MR) is 68.0 cm³/mol. The highest BCUT2D eigenvalue weighted by molar-refractivity contribution is 9.10. The van der Waals surface area contributed by atoms with Gasteiger partial charge in [0.1, 0.15) is 22.9 Å². The molecule has 0 aliphatic carbocycles. The molecule has 1 aromatic heterocycles. The van der Waals surface area contributed by atoms with Crippen molar-refractivity contribution in [1.29, 1.82) is 0 Å². The predicted octanol–water partition coefficient (Wildman–Crippen LogP) is 2.94. The molecule has 1 aromatic carbocycles. The van der Waals surface area contributed by atoms with Gasteiger partial charge in [-0.05, 0) is 40.2 Å². The van der Waals surface area contributed by atoms with Crippen LogP contribution in [0.5, 0.6) is 5.75 Å². The second-order valence-corrected chi connectivity index (χ2v) is 4.28. The minimum Gasteiger partial charge on any atom is -0.507 e. The molecule has 0 unspecified atom stereocenters. The number of aromatic hydroxyl groups is 1. The van der Waals surface area contributed by atoms with Gasteiger partial charge in [0.25, 0.3) is 5.91 Å². The minimum absolute atomic E-state index is 0.255. The number of hydrogen-bond acceptors (Lipinski definition) is 3. The number of amides is 1. The first-order valence-electron chi connectivity index (χ1n) is 4.99. The van der Waals surface area contributed by atoms with Crippen molar-refractivity contribution >= 4 is 27.7 Å². The van der Waals surface area contributed by atoms with Crippen LogP contribution in [0.1, 0.15) is 10.4 Å². The fraction of sp³-hybridized carbons (Fsp3) is 0. The van der Waals surface area contributed by atoms with E-state index >= 15 is 0 Å². The summed E-state index contributed by atoms with van der Waals surface area (Å²) in [6, 6.07) is 7.02. The molecule has 92 valence electrons. The van der Waals surface area contributed by atoms with E-state index in [2.05, 4.69) is 26.2 Å². The summed E-state index contributed by atoms with van der Waals surface area (Å²) < 4.78 is 14.0. The Balaban J connectivity index is 2.31. The summed E-state index contributed by atoms with van der Waals surface area (Å²) in [6.45, 7) is 0. The maximum absolute atomic E-state index is 13.5. The van der Waals surface area contributed by atoms with Crippen molar-refractivity contribution in [3.63, 3.8) is 0 Å². The zero-order chi connectivity index (χ0) is 13.1. The summed E-state index contributed by atoms with van der Waals surface area (Å²) >= 11 is 3.20. The van der Waals surface area contributed by atoms with Gasteiger partial charge in [-0.25, -0.2) is 9.37 Å². The number of nitrogens with one attached hydrogen (secondary N) is 1. The zero-order valence-electron chi connectivity index (χ0n) is 9.02. The van der Waals surface area contributed by atoms with Gasteiger partial charge in [0, 0.05) is 6.20 Å². The summed E-state index contributed by atoms with van der Waals surface area (Å²) in [4.78, 5) is 15.8. The number of nitrogens with zero attached hydrogens (tertiary/aromatic N) is 1. The molecule has 2 N–H and O–H groups in total. The van der Waals surface area contributed by atoms with Gasteiger partial charge in [-0.2, -0.15) is 0 Å². The van der Waals surface area contributed by atoms with Gasteiger partial charge in [0.05, 0.1) is 4.47 Å². The number of aromatic nitrogens is 1. The Morgan fingerprint density at radius 3 is 2.78 bits per heavy atom. The van der Waals surface area contributed by atoms with Crippen LogP contribution < -0.4 is 5.32 Å². The highest BCUT2D eigenvalue weighted by Crippen LogP contribution is 2.23. The molecule has 1 heterocycles. The maximum atomic E-state index is 13.5. The van der Waals surface area contributed by atoms with Crippen LogP contribution in [-0.4, -0.2) is 16.0 Å². The largest absolute Gasteiger partial charge is 0.507 e. The summed E-state index contributed by atoms with van der Waals surface area (Å²) in [5, 5.41) is 11.9. The fourth-order valence-corrected chi connectivity index (χ4v) is 1.74. The molecule has 0 saturated carbocycles. The second-order valence-electron chi connectivity index (χ2n) is 3.42. The molecule has 0 bridgehead atoms. The molecule has 2 rings (SSSR count). The Kier molecular flexibility index (Phi) is 3.57. The van der Waals surface area contributed by atoms with E-state index in [0.717, 1.165) is 6.07 Å². The molecule has 6 heteroatoms. The number of anilines is 1. The average molecular weight is 311 g/mol. The molecular formula is C12H8BrFN2O2. The third kappa shape index (κ3) is 2.48. The number of halogens is 2. The summed E-state index contributed by atoms with van der Waals surface area (Å²) in [6.07, 6.45) is 1.49. The lowest BCUT2D eigenvalue weighted by Crippen LogP contribution is -2.15. The van der Waals surface area contributed by atoms with Gasteiger partial charge in [0.2, 0.25) is 0 Å². The lowest BCUT2D eigenvalue weighted by molar-refractivity contribution is 0.102. The van der Waals surface area contributed by atoms with Crippen molar-refractivity contribution in [2.45, 2.75) is 0 Å². The van der Waals surface area contributed by atoms with E-state index in [-0.39, 0.29) is 5.82 Å². The van der Waals surface area contributed by atoms with E-state index in [1.807, 2.05) is 0 Å². The molecule has 0 aliphatic rings. The SMILES string of the molecule is O=C(Nc1ncccc1Br)c1c(O)cccc1F. The van der Waals surface area contributed by atoms with Crippen LogP contribution in [-0.2, 0) is 0 Å². The fourth-order valence-electron chi connectivity index (χ4n) is 1.39. The smallest absolute Gasteiger partial charge is 0.263 e. The monoisotopic (exact) mass is 310 g/mol. The van der Waals surface area contributed by atoms with Gasteiger partial charge in [-0.15, -0.1) is 0 Å². The molecular weight excluding hydrogens is 303 g/mol. The maximum Gasteiger partial charge on any atom is 0.263 e. The number of pyridine rings is 1. The van der Waals surface area contributed by atoms with E-state index in [1.54, 1.807) is 12.1 Å². The first kappa shape index (κ1) is 12.5. The standard InChI is InChI=1S/C12H8BrFN2O2/c13-7-3-2-6-15-11(7)16-12(18)10-8(14)4-1-5-9(10)17/h1-6,17H,(H,15,16,18). The molecule has 18 heavy (non-hydrogen) atoms. The van der Waals surface area contributed by atoms with Crippen LogP contribution in [0.3, 0.4) is 0 Å². The van der Waals surface area contributed by atoms with Crippen LogP contribution in [0.4, 0.5) is 10.2 Å². The van der Waals surface area contributed by atoms with E-state index in [1.165, 1.54) is 18.3 Å². The van der Waals surface area contributed by atoms with Gasteiger partial charge in [-0.1, -0.05) is 6.07 Å². The van der Waals surface area contributed by atoms with Crippen molar-refractivity contribution in [2.24, 2.45) is 0 Å². The Bertz CT molecular complexity index is 584. The summed E-state index contributed by atoms with van der Waals surface area (Å²) in [5.41, 5.74) is -0.407. The highest BCUT2D eigenvalue weighted by atomic mass is 79.9. The lowest BCUT2D eigenvalue weighted by Gasteiger charge is -2.08. The Hall–Kier alpha value is -1.95. The molecule has 0 atom stereocenters. The molecule has 4 nitrogen and oxygen atoms in total. The first-order chi connectivity index (χ1) is 8.59. The molecule has 0 fully saturated rings. The van der Waals surface area contributed by atoms with Gasteiger partial charge in [0.15, 0.2) is 0 Å². The molecule has 2 aromatic rings. The van der Waals surface area contributed by atoms with Crippen LogP contribution in [0, 0.1) is 5.82 Å². The van der Waals surface area contributed by atoms with Crippen molar-refractivity contribution in [2.75, 3.05) is 5.32 Å². The van der Waals surface area contributed by atoms with Crippen LogP contribution in [0.2, 0.25) is 0 Å². The van der Waals surface area contributed by atoms with Crippen LogP contribution in [0.15, 0.2) is 41.0 Å². The molecule has 1 amide bonds. The summed E-state index contributed by atoms with van der Waals surface area (Å²) in [5.74, 6) is -1.71. The van der Waals surface area contributed by atoms with Crippen LogP contribution in [0.25, 0.3) is 0 Å². The van der Waals surface area contributed by atoms with E-state index in [0.29, 0.717) is 4.47 Å². The number of phenols is 1. The number of carbonyl (C=O) groups is 1. The van der Waals surface area contributed by atoms with Crippen molar-refractivity contribution < 1.29 is 14.3 Å². The first-order valence-corrected chi connectivity index (χ1v) is 5.78. The van der Waals surface area contributed by atoms with Gasteiger partial charge < -0.3 is 10.4 Å². The van der Waals surface area contributed by atoms with E-state index in [4.69, 9.17) is 0 Å². The Labute approximate surface area is 111 Å². The van der Waals surface area contributed by atoms with Gasteiger partial charge >= 0.3 is 0 Å². The number of benzene rings is 1. The number of carbonyl (C=O) groups excluding carboxylic acids is 1. The average Bonchev–Trinajstić information content (AvgIpc) is 2.32. The molecule has 0 aliphatic heterocycles. The van der Waals surface area contributed by atoms with E-state index in [9.17, 15) is 14.3 Å². The summed E-state index contributed by atoms with van der Waals surface area (Å²) in [7, 11) is 0.